The van der Waals surface area contributed by atoms with Crippen LogP contribution in [0.4, 0.5) is 19.0 Å². The highest BCUT2D eigenvalue weighted by atomic mass is 32.1. The molecule has 0 saturated carbocycles. The van der Waals surface area contributed by atoms with E-state index in [0.29, 0.717) is 6.20 Å². The predicted octanol–water partition coefficient (Wildman–Crippen LogP) is 3.34. The molecule has 0 aliphatic rings. The van der Waals surface area contributed by atoms with Gasteiger partial charge in [-0.2, -0.15) is 13.2 Å². The molecule has 2 rings (SSSR count). The molecule has 0 atom stereocenters. The summed E-state index contributed by atoms with van der Waals surface area (Å²) in [6.07, 6.45) is -3.55. The van der Waals surface area contributed by atoms with Crippen molar-refractivity contribution in [2.45, 2.75) is 12.6 Å². The molecule has 100 valence electrons. The maximum atomic E-state index is 12.3. The van der Waals surface area contributed by atoms with E-state index in [9.17, 15) is 18.0 Å². The lowest BCUT2D eigenvalue weighted by Crippen LogP contribution is -2.15. The molecule has 0 radical (unpaired) electrons. The highest BCUT2D eigenvalue weighted by Crippen LogP contribution is 2.28. The Labute approximate surface area is 111 Å². The number of hydrogen-bond donors (Lipinski definition) is 1. The lowest BCUT2D eigenvalue weighted by Gasteiger charge is -2.07. The van der Waals surface area contributed by atoms with Crippen molar-refractivity contribution < 1.29 is 18.0 Å². The van der Waals surface area contributed by atoms with Crippen LogP contribution in [0.25, 0.3) is 0 Å². The average Bonchev–Trinajstić information content (AvgIpc) is 2.81. The highest BCUT2D eigenvalue weighted by Gasteiger charge is 2.30. The average molecular weight is 286 g/mol. The monoisotopic (exact) mass is 286 g/mol. The van der Waals surface area contributed by atoms with Gasteiger partial charge in [0.1, 0.15) is 5.82 Å². The van der Waals surface area contributed by atoms with Gasteiger partial charge in [0.05, 0.1) is 12.0 Å². The number of halogens is 3. The van der Waals surface area contributed by atoms with Crippen molar-refractivity contribution in [2.24, 2.45) is 0 Å². The van der Waals surface area contributed by atoms with E-state index in [2.05, 4.69) is 10.3 Å². The summed E-state index contributed by atoms with van der Waals surface area (Å²) in [4.78, 5) is 16.0. The van der Waals surface area contributed by atoms with Gasteiger partial charge >= 0.3 is 6.18 Å². The topological polar surface area (TPSA) is 42.0 Å². The zero-order chi connectivity index (χ0) is 13.9. The smallest absolute Gasteiger partial charge is 0.310 e. The number of pyridine rings is 1. The number of amides is 1. The Morgan fingerprint density at radius 3 is 2.63 bits per heavy atom. The number of hydrogen-bond acceptors (Lipinski definition) is 3. The Morgan fingerprint density at radius 1 is 1.32 bits per heavy atom. The second-order valence-electron chi connectivity index (χ2n) is 3.73. The third kappa shape index (κ3) is 3.78. The van der Waals surface area contributed by atoms with Crippen LogP contribution in [0.15, 0.2) is 35.8 Å². The maximum Gasteiger partial charge on any atom is 0.417 e. The quantitative estimate of drug-likeness (QED) is 0.940. The van der Waals surface area contributed by atoms with Crippen LogP contribution in [0.3, 0.4) is 0 Å². The van der Waals surface area contributed by atoms with E-state index in [1.54, 1.807) is 0 Å². The fourth-order valence-corrected chi connectivity index (χ4v) is 2.10. The molecule has 0 saturated heterocycles. The summed E-state index contributed by atoms with van der Waals surface area (Å²) < 4.78 is 36.9. The fraction of sp³-hybridized carbons (Fsp3) is 0.167. The molecule has 0 aliphatic heterocycles. The summed E-state index contributed by atoms with van der Waals surface area (Å²) in [5.41, 5.74) is -0.844. The molecular weight excluding hydrogens is 277 g/mol. The van der Waals surface area contributed by atoms with E-state index in [1.807, 2.05) is 17.5 Å². The van der Waals surface area contributed by atoms with Gasteiger partial charge in [-0.05, 0) is 23.6 Å². The second-order valence-corrected chi connectivity index (χ2v) is 4.77. The number of carbonyl (C=O) groups excluding carboxylic acids is 1. The van der Waals surface area contributed by atoms with Gasteiger partial charge in [0, 0.05) is 11.1 Å². The van der Waals surface area contributed by atoms with E-state index in [1.165, 1.54) is 11.3 Å². The second kappa shape index (κ2) is 5.40. The first-order valence-electron chi connectivity index (χ1n) is 5.30. The summed E-state index contributed by atoms with van der Waals surface area (Å²) in [5.74, 6) is -0.204. The summed E-state index contributed by atoms with van der Waals surface area (Å²) in [7, 11) is 0. The van der Waals surface area contributed by atoms with E-state index in [4.69, 9.17) is 0 Å². The minimum absolute atomic E-state index is 0.106. The Hall–Kier alpha value is -1.89. The molecule has 0 fully saturated rings. The van der Waals surface area contributed by atoms with Gasteiger partial charge in [-0.25, -0.2) is 4.98 Å². The minimum atomic E-state index is -4.42. The van der Waals surface area contributed by atoms with Crippen molar-refractivity contribution in [1.82, 2.24) is 4.98 Å². The number of nitrogens with zero attached hydrogens (tertiary/aromatic N) is 1. The Kier molecular flexibility index (Phi) is 3.84. The van der Waals surface area contributed by atoms with Crippen LogP contribution < -0.4 is 5.32 Å². The van der Waals surface area contributed by atoms with E-state index >= 15 is 0 Å². The normalized spacial score (nSPS) is 11.3. The van der Waals surface area contributed by atoms with Crippen LogP contribution in [-0.4, -0.2) is 10.9 Å². The van der Waals surface area contributed by atoms with Gasteiger partial charge < -0.3 is 5.32 Å². The van der Waals surface area contributed by atoms with E-state index in [0.717, 1.165) is 17.0 Å². The Bertz CT molecular complexity index is 549. The van der Waals surface area contributed by atoms with Crippen LogP contribution >= 0.6 is 11.3 Å². The predicted molar refractivity (Wildman–Crippen MR) is 65.9 cm³/mol. The van der Waals surface area contributed by atoms with Crippen LogP contribution in [0, 0.1) is 0 Å². The molecule has 19 heavy (non-hydrogen) atoms. The van der Waals surface area contributed by atoms with Gasteiger partial charge in [-0.1, -0.05) is 6.07 Å². The molecule has 7 heteroatoms. The molecule has 0 spiro atoms. The van der Waals surface area contributed by atoms with E-state index < -0.39 is 11.7 Å². The van der Waals surface area contributed by atoms with Gasteiger partial charge in [0.15, 0.2) is 0 Å². The number of rotatable bonds is 3. The zero-order valence-electron chi connectivity index (χ0n) is 9.57. The third-order valence-corrected chi connectivity index (χ3v) is 3.15. The first kappa shape index (κ1) is 13.5. The molecule has 2 heterocycles. The summed E-state index contributed by atoms with van der Waals surface area (Å²) in [6.45, 7) is 0. The molecule has 0 aliphatic carbocycles. The first-order valence-corrected chi connectivity index (χ1v) is 6.18. The summed E-state index contributed by atoms with van der Waals surface area (Å²) in [5, 5.41) is 4.29. The SMILES string of the molecule is O=C(Cc1cccs1)Nc1ccc(C(F)(F)F)cn1. The molecule has 1 amide bonds. The molecule has 0 unspecified atom stereocenters. The first-order chi connectivity index (χ1) is 8.95. The molecule has 0 bridgehead atoms. The molecule has 2 aromatic rings. The third-order valence-electron chi connectivity index (χ3n) is 2.27. The molecular formula is C12H9F3N2OS. The van der Waals surface area contributed by atoms with Crippen molar-refractivity contribution in [1.29, 1.82) is 0 Å². The lowest BCUT2D eigenvalue weighted by atomic mass is 10.2. The highest BCUT2D eigenvalue weighted by molar-refractivity contribution is 7.10. The zero-order valence-corrected chi connectivity index (χ0v) is 10.4. The number of thiophene rings is 1. The Balaban J connectivity index is 1.98. The maximum absolute atomic E-state index is 12.3. The van der Waals surface area contributed by atoms with Crippen LogP contribution in [0.5, 0.6) is 0 Å². The minimum Gasteiger partial charge on any atom is -0.310 e. The number of anilines is 1. The van der Waals surface area contributed by atoms with Gasteiger partial charge in [0.25, 0.3) is 0 Å². The van der Waals surface area contributed by atoms with Crippen molar-refractivity contribution in [3.8, 4) is 0 Å². The Morgan fingerprint density at radius 2 is 2.11 bits per heavy atom. The molecule has 1 N–H and O–H groups in total. The number of alkyl halides is 3. The molecule has 2 aromatic heterocycles. The van der Waals surface area contributed by atoms with Crippen LogP contribution in [0.2, 0.25) is 0 Å². The molecule has 0 aromatic carbocycles. The lowest BCUT2D eigenvalue weighted by molar-refractivity contribution is -0.137. The van der Waals surface area contributed by atoms with E-state index in [-0.39, 0.29) is 18.1 Å². The van der Waals surface area contributed by atoms with Crippen LogP contribution in [0.1, 0.15) is 10.4 Å². The fourth-order valence-electron chi connectivity index (χ4n) is 1.39. The van der Waals surface area contributed by atoms with Gasteiger partial charge in [0.2, 0.25) is 5.91 Å². The standard InChI is InChI=1S/C12H9F3N2OS/c13-12(14,15)8-3-4-10(16-7-8)17-11(18)6-9-2-1-5-19-9/h1-5,7H,6H2,(H,16,17,18). The van der Waals surface area contributed by atoms with Crippen molar-refractivity contribution in [3.63, 3.8) is 0 Å². The van der Waals surface area contributed by atoms with Crippen LogP contribution in [-0.2, 0) is 17.4 Å². The van der Waals surface area contributed by atoms with Crippen molar-refractivity contribution in [3.05, 3.63) is 46.3 Å². The summed E-state index contributed by atoms with van der Waals surface area (Å²) >= 11 is 1.44. The van der Waals surface area contributed by atoms with Crippen molar-refractivity contribution >= 4 is 23.1 Å². The number of nitrogens with one attached hydrogen (secondary N) is 1. The van der Waals surface area contributed by atoms with Gasteiger partial charge in [-0.3, -0.25) is 4.79 Å². The number of aromatic nitrogens is 1. The summed E-state index contributed by atoms with van der Waals surface area (Å²) in [6, 6.07) is 5.65. The van der Waals surface area contributed by atoms with Crippen molar-refractivity contribution in [2.75, 3.05) is 5.32 Å². The molecule has 3 nitrogen and oxygen atoms in total. The van der Waals surface area contributed by atoms with Gasteiger partial charge in [-0.15, -0.1) is 11.3 Å². The number of carbonyl (C=O) groups is 1. The largest absolute Gasteiger partial charge is 0.417 e.